The van der Waals surface area contributed by atoms with E-state index in [4.69, 9.17) is 19.3 Å². The molecular weight excluding hydrogens is 358 g/mol. The molecule has 0 saturated carbocycles. The van der Waals surface area contributed by atoms with Crippen LogP contribution in [0.25, 0.3) is 16.9 Å². The van der Waals surface area contributed by atoms with Gasteiger partial charge in [-0.2, -0.15) is 5.10 Å². The first-order valence-electron chi connectivity index (χ1n) is 9.05. The Kier molecular flexibility index (Phi) is 5.36. The fraction of sp³-hybridized carbons (Fsp3) is 0.238. The lowest BCUT2D eigenvalue weighted by Gasteiger charge is -2.22. The fourth-order valence-corrected chi connectivity index (χ4v) is 3.01. The van der Waals surface area contributed by atoms with Crippen molar-refractivity contribution in [1.29, 1.82) is 0 Å². The Hall–Kier alpha value is -3.16. The maximum absolute atomic E-state index is 12.6. The molecule has 7 heteroatoms. The smallest absolute Gasteiger partial charge is 0.257 e. The number of nitrogens with zero attached hydrogens (tertiary/aromatic N) is 2. The number of hydrogen-bond acceptors (Lipinski definition) is 5. The number of nitrogens with one attached hydrogen (secondary N) is 1. The summed E-state index contributed by atoms with van der Waals surface area (Å²) in [4.78, 5) is 12.6. The average molecular weight is 379 g/mol. The zero-order valence-electron chi connectivity index (χ0n) is 15.5. The van der Waals surface area contributed by atoms with Crippen LogP contribution in [0.4, 0.5) is 5.82 Å². The van der Waals surface area contributed by atoms with E-state index in [-0.39, 0.29) is 12.5 Å². The number of ether oxygens (including phenoxy) is 3. The minimum absolute atomic E-state index is 0.244. The molecule has 1 N–H and O–H groups in total. The Balaban J connectivity index is 1.69. The summed E-state index contributed by atoms with van der Waals surface area (Å²) in [6, 6.07) is 19.1. The number of para-hydroxylation sites is 1. The van der Waals surface area contributed by atoms with Gasteiger partial charge in [-0.3, -0.25) is 4.79 Å². The van der Waals surface area contributed by atoms with Crippen LogP contribution >= 0.6 is 0 Å². The minimum atomic E-state index is -0.631. The predicted molar refractivity (Wildman–Crippen MR) is 105 cm³/mol. The van der Waals surface area contributed by atoms with E-state index in [0.29, 0.717) is 19.0 Å². The molecule has 1 aromatic heterocycles. The van der Waals surface area contributed by atoms with Crippen molar-refractivity contribution in [3.05, 3.63) is 60.7 Å². The van der Waals surface area contributed by atoms with Gasteiger partial charge in [-0.25, -0.2) is 4.68 Å². The molecule has 2 heterocycles. The first-order chi connectivity index (χ1) is 13.7. The molecule has 1 fully saturated rings. The van der Waals surface area contributed by atoms with Gasteiger partial charge >= 0.3 is 0 Å². The second kappa shape index (κ2) is 8.24. The third-order valence-corrected chi connectivity index (χ3v) is 4.44. The van der Waals surface area contributed by atoms with E-state index in [1.807, 2.05) is 60.7 Å². The van der Waals surface area contributed by atoms with Crippen molar-refractivity contribution in [2.24, 2.45) is 0 Å². The maximum Gasteiger partial charge on any atom is 0.257 e. The Morgan fingerprint density at radius 2 is 2.00 bits per heavy atom. The van der Waals surface area contributed by atoms with Crippen LogP contribution in [-0.2, 0) is 14.3 Å². The molecule has 1 unspecified atom stereocenters. The number of hydrogen-bond donors (Lipinski definition) is 1. The molecule has 1 aliphatic rings. The van der Waals surface area contributed by atoms with Gasteiger partial charge in [0.15, 0.2) is 6.10 Å². The van der Waals surface area contributed by atoms with Gasteiger partial charge < -0.3 is 19.5 Å². The first-order valence-corrected chi connectivity index (χ1v) is 9.05. The molecule has 7 nitrogen and oxygen atoms in total. The van der Waals surface area contributed by atoms with Crippen molar-refractivity contribution < 1.29 is 19.0 Å². The molecule has 1 saturated heterocycles. The third-order valence-electron chi connectivity index (χ3n) is 4.44. The molecule has 2 aromatic carbocycles. The molecule has 3 aromatic rings. The Bertz CT molecular complexity index is 949. The van der Waals surface area contributed by atoms with Gasteiger partial charge in [-0.05, 0) is 24.3 Å². The van der Waals surface area contributed by atoms with E-state index in [1.165, 1.54) is 0 Å². The number of benzene rings is 2. The third kappa shape index (κ3) is 3.90. The van der Waals surface area contributed by atoms with Crippen molar-refractivity contribution in [2.45, 2.75) is 6.10 Å². The van der Waals surface area contributed by atoms with Crippen molar-refractivity contribution in [2.75, 3.05) is 32.2 Å². The average Bonchev–Trinajstić information content (AvgIpc) is 3.19. The van der Waals surface area contributed by atoms with E-state index in [0.717, 1.165) is 22.7 Å². The van der Waals surface area contributed by atoms with Crippen LogP contribution in [0.1, 0.15) is 0 Å². The second-order valence-corrected chi connectivity index (χ2v) is 6.32. The predicted octanol–water partition coefficient (Wildman–Crippen LogP) is 2.90. The largest absolute Gasteiger partial charge is 0.497 e. The molecule has 0 radical (unpaired) electrons. The highest BCUT2D eigenvalue weighted by atomic mass is 16.6. The normalized spacial score (nSPS) is 16.5. The monoisotopic (exact) mass is 379 g/mol. The molecule has 0 spiro atoms. The van der Waals surface area contributed by atoms with E-state index < -0.39 is 6.10 Å². The molecule has 1 amide bonds. The second-order valence-electron chi connectivity index (χ2n) is 6.32. The lowest BCUT2D eigenvalue weighted by atomic mass is 10.1. The Morgan fingerprint density at radius 3 is 2.75 bits per heavy atom. The van der Waals surface area contributed by atoms with Gasteiger partial charge in [0.25, 0.3) is 5.91 Å². The molecule has 144 valence electrons. The summed E-state index contributed by atoms with van der Waals surface area (Å²) in [5.74, 6) is 1.04. The fourth-order valence-electron chi connectivity index (χ4n) is 3.01. The summed E-state index contributed by atoms with van der Waals surface area (Å²) < 4.78 is 17.8. The maximum atomic E-state index is 12.6. The Labute approximate surface area is 162 Å². The van der Waals surface area contributed by atoms with E-state index in [2.05, 4.69) is 5.32 Å². The zero-order valence-corrected chi connectivity index (χ0v) is 15.5. The lowest BCUT2D eigenvalue weighted by molar-refractivity contribution is -0.142. The van der Waals surface area contributed by atoms with E-state index >= 15 is 0 Å². The molecule has 28 heavy (non-hydrogen) atoms. The number of anilines is 1. The highest BCUT2D eigenvalue weighted by Gasteiger charge is 2.24. The van der Waals surface area contributed by atoms with Crippen LogP contribution in [-0.4, -0.2) is 48.7 Å². The van der Waals surface area contributed by atoms with Crippen LogP contribution in [0.5, 0.6) is 5.75 Å². The minimum Gasteiger partial charge on any atom is -0.497 e. The Morgan fingerprint density at radius 1 is 1.14 bits per heavy atom. The van der Waals surface area contributed by atoms with Crippen LogP contribution in [0, 0.1) is 0 Å². The van der Waals surface area contributed by atoms with Gasteiger partial charge in [0.1, 0.15) is 11.6 Å². The standard InChI is InChI=1S/C21H21N3O4/c1-26-17-9-5-6-15(12-17)18-13-20(22-21(25)19-14-27-10-11-28-19)24(23-18)16-7-3-2-4-8-16/h2-9,12-13,19H,10-11,14H2,1H3,(H,22,25). The van der Waals surface area contributed by atoms with Crippen LogP contribution in [0.15, 0.2) is 60.7 Å². The first kappa shape index (κ1) is 18.2. The van der Waals surface area contributed by atoms with Crippen molar-refractivity contribution in [3.8, 4) is 22.7 Å². The highest BCUT2D eigenvalue weighted by Crippen LogP contribution is 2.27. The number of amides is 1. The van der Waals surface area contributed by atoms with E-state index in [9.17, 15) is 4.79 Å². The summed E-state index contributed by atoms with van der Waals surface area (Å²) in [6.45, 7) is 1.16. The quantitative estimate of drug-likeness (QED) is 0.738. The van der Waals surface area contributed by atoms with Crippen molar-refractivity contribution in [3.63, 3.8) is 0 Å². The van der Waals surface area contributed by atoms with Gasteiger partial charge in [0, 0.05) is 11.6 Å². The number of carbonyl (C=O) groups is 1. The molecule has 1 aliphatic heterocycles. The van der Waals surface area contributed by atoms with Gasteiger partial charge in [0.05, 0.1) is 38.3 Å². The topological polar surface area (TPSA) is 74.6 Å². The van der Waals surface area contributed by atoms with Crippen LogP contribution < -0.4 is 10.1 Å². The molecule has 4 rings (SSSR count). The van der Waals surface area contributed by atoms with Gasteiger partial charge in [-0.15, -0.1) is 0 Å². The van der Waals surface area contributed by atoms with Crippen LogP contribution in [0.2, 0.25) is 0 Å². The summed E-state index contributed by atoms with van der Waals surface area (Å²) in [6.07, 6.45) is -0.631. The van der Waals surface area contributed by atoms with Crippen molar-refractivity contribution in [1.82, 2.24) is 9.78 Å². The zero-order chi connectivity index (χ0) is 19.3. The number of rotatable bonds is 5. The summed E-state index contributed by atoms with van der Waals surface area (Å²) in [7, 11) is 1.62. The number of carbonyl (C=O) groups excluding carboxylic acids is 1. The summed E-state index contributed by atoms with van der Waals surface area (Å²) in [5.41, 5.74) is 2.45. The highest BCUT2D eigenvalue weighted by molar-refractivity contribution is 5.94. The van der Waals surface area contributed by atoms with Crippen LogP contribution in [0.3, 0.4) is 0 Å². The van der Waals surface area contributed by atoms with Crippen molar-refractivity contribution >= 4 is 11.7 Å². The number of methoxy groups -OCH3 is 1. The SMILES string of the molecule is COc1cccc(-c2cc(NC(=O)C3COCCO3)n(-c3ccccc3)n2)c1. The molecular formula is C21H21N3O4. The summed E-state index contributed by atoms with van der Waals surface area (Å²) >= 11 is 0. The van der Waals surface area contributed by atoms with E-state index in [1.54, 1.807) is 11.8 Å². The summed E-state index contributed by atoms with van der Waals surface area (Å²) in [5, 5.41) is 7.62. The van der Waals surface area contributed by atoms with Gasteiger partial charge in [0.2, 0.25) is 0 Å². The number of aromatic nitrogens is 2. The molecule has 0 aliphatic carbocycles. The molecule has 0 bridgehead atoms. The van der Waals surface area contributed by atoms with Gasteiger partial charge in [-0.1, -0.05) is 30.3 Å². The molecule has 1 atom stereocenters. The lowest BCUT2D eigenvalue weighted by Crippen LogP contribution is -2.39.